The minimum absolute atomic E-state index is 0.0767. The van der Waals surface area contributed by atoms with Crippen LogP contribution < -0.4 is 10.5 Å². The van der Waals surface area contributed by atoms with Crippen molar-refractivity contribution in [2.24, 2.45) is 5.14 Å². The highest BCUT2D eigenvalue weighted by Gasteiger charge is 2.15. The van der Waals surface area contributed by atoms with Crippen LogP contribution in [0.3, 0.4) is 0 Å². The molecule has 0 aromatic heterocycles. The van der Waals surface area contributed by atoms with Gasteiger partial charge in [-0.05, 0) is 30.7 Å². The summed E-state index contributed by atoms with van der Waals surface area (Å²) in [6, 6.07) is 6.43. The van der Waals surface area contributed by atoms with Crippen molar-refractivity contribution in [1.29, 1.82) is 0 Å². The second-order valence-electron chi connectivity index (χ2n) is 5.11. The van der Waals surface area contributed by atoms with Crippen LogP contribution in [-0.4, -0.2) is 58.6 Å². The number of hydrogen-bond acceptors (Lipinski definition) is 5. The molecule has 1 saturated heterocycles. The van der Waals surface area contributed by atoms with Crippen molar-refractivity contribution >= 4 is 15.9 Å². The van der Waals surface area contributed by atoms with Crippen molar-refractivity contribution in [3.05, 3.63) is 29.8 Å². The summed E-state index contributed by atoms with van der Waals surface area (Å²) in [4.78, 5) is 13.8. The van der Waals surface area contributed by atoms with Crippen molar-refractivity contribution in [2.75, 3.05) is 39.4 Å². The normalized spacial score (nSPS) is 15.8. The third-order valence-corrected chi connectivity index (χ3v) is 4.41. The third-order valence-electron chi connectivity index (χ3n) is 3.48. The van der Waals surface area contributed by atoms with Gasteiger partial charge in [0.05, 0.1) is 24.7 Å². The van der Waals surface area contributed by atoms with Crippen LogP contribution in [0.1, 0.15) is 5.56 Å². The fourth-order valence-corrected chi connectivity index (χ4v) is 2.71. The molecule has 0 saturated carbocycles. The van der Waals surface area contributed by atoms with E-state index < -0.39 is 10.0 Å². The van der Waals surface area contributed by atoms with Crippen molar-refractivity contribution in [3.63, 3.8) is 0 Å². The van der Waals surface area contributed by atoms with Gasteiger partial charge in [0.25, 0.3) is 0 Å². The van der Waals surface area contributed by atoms with Gasteiger partial charge in [0.2, 0.25) is 15.9 Å². The number of benzene rings is 1. The predicted octanol–water partition coefficient (Wildman–Crippen LogP) is -0.675. The molecule has 1 fully saturated rings. The number of nitrogens with one attached hydrogen (secondary N) is 1. The van der Waals surface area contributed by atoms with Crippen LogP contribution in [0, 0.1) is 0 Å². The van der Waals surface area contributed by atoms with Crippen LogP contribution in [0.25, 0.3) is 0 Å². The molecule has 1 aromatic carbocycles. The number of amides is 1. The summed E-state index contributed by atoms with van der Waals surface area (Å²) in [7, 11) is -3.64. The fraction of sp³-hybridized carbons (Fsp3) is 0.500. The van der Waals surface area contributed by atoms with E-state index in [0.29, 0.717) is 45.8 Å². The van der Waals surface area contributed by atoms with E-state index in [1.54, 1.807) is 17.0 Å². The number of carbonyl (C=O) groups excluding carboxylic acids is 1. The second kappa shape index (κ2) is 7.68. The first kappa shape index (κ1) is 16.9. The Balaban J connectivity index is 1.71. The summed E-state index contributed by atoms with van der Waals surface area (Å²) in [6.07, 6.45) is 0.710. The summed E-state index contributed by atoms with van der Waals surface area (Å²) < 4.78 is 27.5. The number of primary sulfonamides is 1. The monoisotopic (exact) mass is 327 g/mol. The molecule has 8 heteroatoms. The van der Waals surface area contributed by atoms with E-state index in [2.05, 4.69) is 5.32 Å². The lowest BCUT2D eigenvalue weighted by Gasteiger charge is -2.26. The zero-order chi connectivity index (χ0) is 16.0. The molecule has 2 rings (SSSR count). The molecule has 0 aliphatic carbocycles. The van der Waals surface area contributed by atoms with E-state index in [9.17, 15) is 13.2 Å². The molecule has 0 bridgehead atoms. The van der Waals surface area contributed by atoms with Gasteiger partial charge >= 0.3 is 0 Å². The summed E-state index contributed by atoms with van der Waals surface area (Å²) in [5.41, 5.74) is 0.985. The highest BCUT2D eigenvalue weighted by atomic mass is 32.2. The third kappa shape index (κ3) is 5.06. The summed E-state index contributed by atoms with van der Waals surface area (Å²) in [5.74, 6) is 0.0767. The molecule has 1 aliphatic rings. The summed E-state index contributed by atoms with van der Waals surface area (Å²) >= 11 is 0. The first-order valence-electron chi connectivity index (χ1n) is 7.15. The number of sulfonamides is 1. The molecule has 1 aliphatic heterocycles. The van der Waals surface area contributed by atoms with E-state index in [1.807, 2.05) is 0 Å². The number of nitrogens with two attached hydrogens (primary N) is 1. The lowest BCUT2D eigenvalue weighted by Crippen LogP contribution is -2.44. The van der Waals surface area contributed by atoms with Crippen LogP contribution in [0.15, 0.2) is 29.2 Å². The van der Waals surface area contributed by atoms with Gasteiger partial charge < -0.3 is 15.0 Å². The highest BCUT2D eigenvalue weighted by molar-refractivity contribution is 7.89. The first-order chi connectivity index (χ1) is 10.5. The Labute approximate surface area is 130 Å². The molecule has 0 atom stereocenters. The number of ether oxygens (including phenoxy) is 1. The summed E-state index contributed by atoms with van der Waals surface area (Å²) in [6.45, 7) is 3.44. The Hall–Kier alpha value is -1.48. The van der Waals surface area contributed by atoms with Crippen LogP contribution in [0.4, 0.5) is 0 Å². The van der Waals surface area contributed by atoms with Gasteiger partial charge in [0, 0.05) is 13.1 Å². The lowest BCUT2D eigenvalue weighted by molar-refractivity contribution is -0.134. The number of hydrogen-bond donors (Lipinski definition) is 2. The molecular formula is C14H21N3O4S. The zero-order valence-electron chi connectivity index (χ0n) is 12.3. The van der Waals surface area contributed by atoms with E-state index in [4.69, 9.17) is 9.88 Å². The lowest BCUT2D eigenvalue weighted by atomic mass is 10.1. The molecule has 7 nitrogen and oxygen atoms in total. The smallest absolute Gasteiger partial charge is 0.238 e. The van der Waals surface area contributed by atoms with Crippen molar-refractivity contribution in [1.82, 2.24) is 10.2 Å². The predicted molar refractivity (Wildman–Crippen MR) is 81.8 cm³/mol. The Morgan fingerprint density at radius 2 is 1.86 bits per heavy atom. The Kier molecular flexibility index (Phi) is 5.90. The van der Waals surface area contributed by atoms with Gasteiger partial charge in [0.15, 0.2) is 0 Å². The maximum absolute atomic E-state index is 11.9. The van der Waals surface area contributed by atoms with Crippen LogP contribution in [0.2, 0.25) is 0 Å². The molecule has 0 spiro atoms. The SMILES string of the molecule is NS(=O)(=O)c1ccc(CCNCC(=O)N2CCOCC2)cc1. The number of rotatable bonds is 6. The maximum atomic E-state index is 11.9. The minimum atomic E-state index is -3.64. The number of morpholine rings is 1. The van der Waals surface area contributed by atoms with Crippen molar-refractivity contribution < 1.29 is 17.9 Å². The standard InChI is InChI=1S/C14H21N3O4S/c15-22(19,20)13-3-1-12(2-4-13)5-6-16-11-14(18)17-7-9-21-10-8-17/h1-4,16H,5-11H2,(H2,15,19,20). The number of nitrogens with zero attached hydrogens (tertiary/aromatic N) is 1. The average Bonchev–Trinajstić information content (AvgIpc) is 2.52. The summed E-state index contributed by atoms with van der Waals surface area (Å²) in [5, 5.41) is 8.14. The second-order valence-corrected chi connectivity index (χ2v) is 6.67. The Bertz CT molecular complexity index is 595. The molecule has 1 amide bonds. The van der Waals surface area contributed by atoms with Crippen molar-refractivity contribution in [2.45, 2.75) is 11.3 Å². The van der Waals surface area contributed by atoms with E-state index in [0.717, 1.165) is 5.56 Å². The number of carbonyl (C=O) groups is 1. The maximum Gasteiger partial charge on any atom is 0.238 e. The quantitative estimate of drug-likeness (QED) is 0.675. The van der Waals surface area contributed by atoms with Gasteiger partial charge in [-0.3, -0.25) is 4.79 Å². The van der Waals surface area contributed by atoms with E-state index in [1.165, 1.54) is 12.1 Å². The topological polar surface area (TPSA) is 102 Å². The first-order valence-corrected chi connectivity index (χ1v) is 8.69. The van der Waals surface area contributed by atoms with Crippen LogP contribution in [-0.2, 0) is 26.0 Å². The van der Waals surface area contributed by atoms with Gasteiger partial charge in [-0.2, -0.15) is 0 Å². The molecular weight excluding hydrogens is 306 g/mol. The van der Waals surface area contributed by atoms with Crippen LogP contribution >= 0.6 is 0 Å². The van der Waals surface area contributed by atoms with Gasteiger partial charge in [-0.1, -0.05) is 12.1 Å². The molecule has 0 radical (unpaired) electrons. The Morgan fingerprint density at radius 1 is 1.23 bits per heavy atom. The molecule has 1 aromatic rings. The highest BCUT2D eigenvalue weighted by Crippen LogP contribution is 2.08. The Morgan fingerprint density at radius 3 is 2.45 bits per heavy atom. The molecule has 1 heterocycles. The van der Waals surface area contributed by atoms with Gasteiger partial charge in [-0.15, -0.1) is 0 Å². The van der Waals surface area contributed by atoms with E-state index >= 15 is 0 Å². The zero-order valence-corrected chi connectivity index (χ0v) is 13.1. The van der Waals surface area contributed by atoms with Crippen LogP contribution in [0.5, 0.6) is 0 Å². The fourth-order valence-electron chi connectivity index (χ4n) is 2.20. The molecule has 0 unspecified atom stereocenters. The van der Waals surface area contributed by atoms with Gasteiger partial charge in [0.1, 0.15) is 0 Å². The van der Waals surface area contributed by atoms with E-state index in [-0.39, 0.29) is 10.8 Å². The minimum Gasteiger partial charge on any atom is -0.378 e. The molecule has 122 valence electrons. The molecule has 3 N–H and O–H groups in total. The average molecular weight is 327 g/mol. The molecule has 22 heavy (non-hydrogen) atoms. The largest absolute Gasteiger partial charge is 0.378 e. The van der Waals surface area contributed by atoms with Gasteiger partial charge in [-0.25, -0.2) is 13.6 Å². The van der Waals surface area contributed by atoms with Crippen molar-refractivity contribution in [3.8, 4) is 0 Å².